The molecule has 7 nitrogen and oxygen atoms in total. The molecular formula is C11H17N5O2. The molecule has 0 unspecified atom stereocenters. The number of rotatable bonds is 2. The highest BCUT2D eigenvalue weighted by atomic mass is 16.2. The standard InChI is InChI=1S/C11H17N5O2/c1-13-11(18)16-4-2-3-7(6-16)8-5-9(10(12)17)15-14-8/h5,7H,2-4,6H2,1H3,(H2,12,17)(H,13,18)(H,14,15)/t7-/m1/s1. The van der Waals surface area contributed by atoms with E-state index in [1.807, 2.05) is 0 Å². The zero-order valence-corrected chi connectivity index (χ0v) is 10.3. The molecule has 1 aromatic rings. The van der Waals surface area contributed by atoms with Gasteiger partial charge in [0.05, 0.1) is 0 Å². The van der Waals surface area contributed by atoms with E-state index in [2.05, 4.69) is 15.5 Å². The third-order valence-corrected chi connectivity index (χ3v) is 3.21. The van der Waals surface area contributed by atoms with E-state index < -0.39 is 5.91 Å². The molecule has 3 amide bonds. The lowest BCUT2D eigenvalue weighted by atomic mass is 9.95. The molecule has 1 fully saturated rings. The van der Waals surface area contributed by atoms with Crippen LogP contribution in [0.3, 0.4) is 0 Å². The summed E-state index contributed by atoms with van der Waals surface area (Å²) in [6.07, 6.45) is 1.90. The van der Waals surface area contributed by atoms with E-state index in [1.54, 1.807) is 18.0 Å². The Morgan fingerprint density at radius 3 is 3.00 bits per heavy atom. The molecular weight excluding hydrogens is 234 g/mol. The van der Waals surface area contributed by atoms with Crippen molar-refractivity contribution in [2.45, 2.75) is 18.8 Å². The molecule has 0 aliphatic carbocycles. The van der Waals surface area contributed by atoms with E-state index in [4.69, 9.17) is 5.73 Å². The van der Waals surface area contributed by atoms with Crippen LogP contribution in [0.15, 0.2) is 6.07 Å². The molecule has 0 saturated carbocycles. The summed E-state index contributed by atoms with van der Waals surface area (Å²) < 4.78 is 0. The van der Waals surface area contributed by atoms with Gasteiger partial charge in [0.1, 0.15) is 5.69 Å². The van der Waals surface area contributed by atoms with E-state index >= 15 is 0 Å². The molecule has 0 spiro atoms. The van der Waals surface area contributed by atoms with Crippen LogP contribution in [0.5, 0.6) is 0 Å². The molecule has 0 radical (unpaired) electrons. The van der Waals surface area contributed by atoms with Crippen molar-refractivity contribution >= 4 is 11.9 Å². The minimum atomic E-state index is -0.545. The number of piperidine rings is 1. The highest BCUT2D eigenvalue weighted by Gasteiger charge is 2.25. The zero-order valence-electron chi connectivity index (χ0n) is 10.3. The van der Waals surface area contributed by atoms with Crippen molar-refractivity contribution in [3.63, 3.8) is 0 Å². The van der Waals surface area contributed by atoms with Crippen molar-refractivity contribution in [2.24, 2.45) is 5.73 Å². The van der Waals surface area contributed by atoms with Gasteiger partial charge in [-0.3, -0.25) is 9.89 Å². The molecule has 1 aromatic heterocycles. The Hall–Kier alpha value is -2.05. The highest BCUT2D eigenvalue weighted by Crippen LogP contribution is 2.25. The van der Waals surface area contributed by atoms with Crippen LogP contribution in [0.1, 0.15) is 34.9 Å². The number of nitrogens with two attached hydrogens (primary N) is 1. The first-order valence-electron chi connectivity index (χ1n) is 5.93. The Bertz CT molecular complexity index is 456. The normalized spacial score (nSPS) is 19.6. The van der Waals surface area contributed by atoms with Gasteiger partial charge in [-0.05, 0) is 18.9 Å². The number of primary amides is 1. The van der Waals surface area contributed by atoms with Crippen LogP contribution < -0.4 is 11.1 Å². The van der Waals surface area contributed by atoms with Crippen molar-refractivity contribution in [2.75, 3.05) is 20.1 Å². The lowest BCUT2D eigenvalue weighted by Gasteiger charge is -2.31. The topological polar surface area (TPSA) is 104 Å². The van der Waals surface area contributed by atoms with Crippen LogP contribution in [0, 0.1) is 0 Å². The van der Waals surface area contributed by atoms with Gasteiger partial charge in [0.2, 0.25) is 0 Å². The van der Waals surface area contributed by atoms with Crippen LogP contribution in [0.4, 0.5) is 4.79 Å². The van der Waals surface area contributed by atoms with Gasteiger partial charge in [0, 0.05) is 31.7 Å². The summed E-state index contributed by atoms with van der Waals surface area (Å²) in [6.45, 7) is 1.38. The number of hydrogen-bond donors (Lipinski definition) is 3. The number of carbonyl (C=O) groups is 2. The number of aromatic amines is 1. The summed E-state index contributed by atoms with van der Waals surface area (Å²) in [5, 5.41) is 9.30. The van der Waals surface area contributed by atoms with E-state index in [1.165, 1.54) is 0 Å². The number of nitrogens with one attached hydrogen (secondary N) is 2. The minimum absolute atomic E-state index is 0.0747. The lowest BCUT2D eigenvalue weighted by molar-refractivity contribution is 0.0995. The second kappa shape index (κ2) is 5.07. The van der Waals surface area contributed by atoms with Gasteiger partial charge in [0.25, 0.3) is 5.91 Å². The van der Waals surface area contributed by atoms with Gasteiger partial charge in [0.15, 0.2) is 0 Å². The first kappa shape index (κ1) is 12.4. The predicted octanol–water partition coefficient (Wildman–Crippen LogP) is 0.0274. The number of likely N-dealkylation sites (tertiary alicyclic amines) is 1. The maximum Gasteiger partial charge on any atom is 0.317 e. The maximum absolute atomic E-state index is 11.6. The second-order valence-corrected chi connectivity index (χ2v) is 4.41. The molecule has 7 heteroatoms. The van der Waals surface area contributed by atoms with Crippen molar-refractivity contribution in [3.05, 3.63) is 17.5 Å². The van der Waals surface area contributed by atoms with E-state index in [0.29, 0.717) is 6.54 Å². The summed E-state index contributed by atoms with van der Waals surface area (Å²) >= 11 is 0. The Morgan fingerprint density at radius 2 is 2.39 bits per heavy atom. The van der Waals surface area contributed by atoms with E-state index in [0.717, 1.165) is 25.1 Å². The smallest absolute Gasteiger partial charge is 0.317 e. The third-order valence-electron chi connectivity index (χ3n) is 3.21. The van der Waals surface area contributed by atoms with E-state index in [-0.39, 0.29) is 17.6 Å². The average Bonchev–Trinajstić information content (AvgIpc) is 2.88. The zero-order chi connectivity index (χ0) is 13.1. The largest absolute Gasteiger partial charge is 0.364 e. The Balaban J connectivity index is 2.08. The fourth-order valence-corrected chi connectivity index (χ4v) is 2.25. The number of carbonyl (C=O) groups excluding carboxylic acids is 2. The quantitative estimate of drug-likeness (QED) is 0.690. The van der Waals surface area contributed by atoms with Gasteiger partial charge >= 0.3 is 6.03 Å². The Kier molecular flexibility index (Phi) is 3.50. The molecule has 1 aliphatic rings. The number of urea groups is 1. The molecule has 0 aromatic carbocycles. The van der Waals surface area contributed by atoms with Gasteiger partial charge in [-0.2, -0.15) is 5.10 Å². The lowest BCUT2D eigenvalue weighted by Crippen LogP contribution is -2.43. The number of nitrogens with zero attached hydrogens (tertiary/aromatic N) is 2. The molecule has 1 aliphatic heterocycles. The summed E-state index contributed by atoms with van der Waals surface area (Å²) in [5.41, 5.74) is 6.25. The predicted molar refractivity (Wildman–Crippen MR) is 65.1 cm³/mol. The molecule has 4 N–H and O–H groups in total. The third kappa shape index (κ3) is 2.44. The molecule has 2 heterocycles. The summed E-state index contributed by atoms with van der Waals surface area (Å²) in [6, 6.07) is 1.59. The summed E-state index contributed by atoms with van der Waals surface area (Å²) in [5.74, 6) is -0.367. The van der Waals surface area contributed by atoms with Crippen molar-refractivity contribution < 1.29 is 9.59 Å². The molecule has 98 valence electrons. The van der Waals surface area contributed by atoms with Gasteiger partial charge in [-0.25, -0.2) is 4.79 Å². The van der Waals surface area contributed by atoms with Crippen molar-refractivity contribution in [1.29, 1.82) is 0 Å². The fourth-order valence-electron chi connectivity index (χ4n) is 2.25. The van der Waals surface area contributed by atoms with Crippen LogP contribution in [0.2, 0.25) is 0 Å². The SMILES string of the molecule is CNC(=O)N1CCC[C@@H](c2cc(C(N)=O)n[nH]2)C1. The van der Waals surface area contributed by atoms with Crippen LogP contribution in [0.25, 0.3) is 0 Å². The van der Waals surface area contributed by atoms with Crippen LogP contribution in [-0.2, 0) is 0 Å². The number of H-pyrrole nitrogens is 1. The molecule has 0 bridgehead atoms. The van der Waals surface area contributed by atoms with Gasteiger partial charge in [-0.15, -0.1) is 0 Å². The van der Waals surface area contributed by atoms with Crippen molar-refractivity contribution in [3.8, 4) is 0 Å². The Morgan fingerprint density at radius 1 is 1.61 bits per heavy atom. The van der Waals surface area contributed by atoms with Gasteiger partial charge < -0.3 is 16.0 Å². The average molecular weight is 251 g/mol. The number of hydrogen-bond acceptors (Lipinski definition) is 3. The monoisotopic (exact) mass is 251 g/mol. The minimum Gasteiger partial charge on any atom is -0.364 e. The number of aromatic nitrogens is 2. The first-order valence-corrected chi connectivity index (χ1v) is 5.93. The second-order valence-electron chi connectivity index (χ2n) is 4.41. The molecule has 1 saturated heterocycles. The van der Waals surface area contributed by atoms with Gasteiger partial charge in [-0.1, -0.05) is 0 Å². The fraction of sp³-hybridized carbons (Fsp3) is 0.545. The number of amides is 3. The molecule has 2 rings (SSSR count). The van der Waals surface area contributed by atoms with Crippen LogP contribution in [-0.4, -0.2) is 47.2 Å². The van der Waals surface area contributed by atoms with Crippen molar-refractivity contribution in [1.82, 2.24) is 20.4 Å². The first-order chi connectivity index (χ1) is 8.61. The van der Waals surface area contributed by atoms with Crippen LogP contribution >= 0.6 is 0 Å². The highest BCUT2D eigenvalue weighted by molar-refractivity contribution is 5.90. The Labute approximate surface area is 105 Å². The van der Waals surface area contributed by atoms with E-state index in [9.17, 15) is 9.59 Å². The molecule has 1 atom stereocenters. The summed E-state index contributed by atoms with van der Waals surface area (Å²) in [7, 11) is 1.62. The maximum atomic E-state index is 11.6. The summed E-state index contributed by atoms with van der Waals surface area (Å²) in [4.78, 5) is 24.3. The molecule has 18 heavy (non-hydrogen) atoms.